The molecule has 29 heavy (non-hydrogen) atoms. The summed E-state index contributed by atoms with van der Waals surface area (Å²) in [5.74, 6) is -1.43. The smallest absolute Gasteiger partial charge is 0.326 e. The molecule has 2 N–H and O–H groups in total. The lowest BCUT2D eigenvalue weighted by molar-refractivity contribution is -0.139. The highest BCUT2D eigenvalue weighted by atomic mass is 127. The van der Waals surface area contributed by atoms with Crippen LogP contribution in [-0.2, 0) is 11.2 Å². The Labute approximate surface area is 181 Å². The summed E-state index contributed by atoms with van der Waals surface area (Å²) in [6.45, 7) is 0. The van der Waals surface area contributed by atoms with Gasteiger partial charge in [0.15, 0.2) is 0 Å². The molecule has 4 aromatic rings. The van der Waals surface area contributed by atoms with Gasteiger partial charge in [-0.15, -0.1) is 0 Å². The number of amides is 1. The van der Waals surface area contributed by atoms with E-state index in [2.05, 4.69) is 27.9 Å². The first-order valence-corrected chi connectivity index (χ1v) is 10.3. The van der Waals surface area contributed by atoms with Gasteiger partial charge in [-0.25, -0.2) is 4.79 Å². The van der Waals surface area contributed by atoms with Crippen molar-refractivity contribution in [3.05, 3.63) is 93.6 Å². The van der Waals surface area contributed by atoms with Crippen LogP contribution in [0.3, 0.4) is 0 Å². The summed E-state index contributed by atoms with van der Waals surface area (Å²) in [7, 11) is 0. The zero-order valence-electron chi connectivity index (χ0n) is 15.4. The van der Waals surface area contributed by atoms with Crippen LogP contribution in [0.2, 0.25) is 0 Å². The SMILES string of the molecule is O=C(N[C@H](Cc1ccccc1I)C(=O)O)c1c2ccccc2cc2ccccc12. The molecule has 144 valence electrons. The Balaban J connectivity index is 1.75. The maximum Gasteiger partial charge on any atom is 0.326 e. The van der Waals surface area contributed by atoms with E-state index in [1.807, 2.05) is 78.9 Å². The number of nitrogens with one attached hydrogen (secondary N) is 1. The van der Waals surface area contributed by atoms with E-state index in [9.17, 15) is 14.7 Å². The van der Waals surface area contributed by atoms with Gasteiger partial charge in [0, 0.05) is 9.99 Å². The zero-order chi connectivity index (χ0) is 20.4. The molecule has 0 radical (unpaired) electrons. The van der Waals surface area contributed by atoms with Crippen molar-refractivity contribution < 1.29 is 14.7 Å². The molecule has 0 saturated heterocycles. The monoisotopic (exact) mass is 495 g/mol. The molecule has 1 amide bonds. The van der Waals surface area contributed by atoms with Crippen LogP contribution in [0, 0.1) is 3.57 Å². The first kappa shape index (κ1) is 19.4. The van der Waals surface area contributed by atoms with Crippen molar-refractivity contribution in [2.24, 2.45) is 0 Å². The first-order chi connectivity index (χ1) is 14.0. The minimum absolute atomic E-state index is 0.225. The van der Waals surface area contributed by atoms with Crippen molar-refractivity contribution in [1.82, 2.24) is 5.32 Å². The van der Waals surface area contributed by atoms with Gasteiger partial charge in [-0.2, -0.15) is 0 Å². The minimum Gasteiger partial charge on any atom is -0.480 e. The molecule has 4 rings (SSSR count). The molecule has 0 aliphatic heterocycles. The number of aliphatic carboxylic acids is 1. The van der Waals surface area contributed by atoms with Gasteiger partial charge >= 0.3 is 5.97 Å². The van der Waals surface area contributed by atoms with Crippen LogP contribution in [-0.4, -0.2) is 23.0 Å². The Hall–Kier alpha value is -2.93. The summed E-state index contributed by atoms with van der Waals surface area (Å²) in [6.07, 6.45) is 0.225. The average Bonchev–Trinajstić information content (AvgIpc) is 2.72. The second kappa shape index (κ2) is 8.21. The molecule has 0 saturated carbocycles. The predicted octanol–water partition coefficient (Wildman–Crippen LogP) is 5.02. The molecule has 1 atom stereocenters. The number of carbonyl (C=O) groups is 2. The molecular weight excluding hydrogens is 477 g/mol. The number of hydrogen-bond donors (Lipinski definition) is 2. The highest BCUT2D eigenvalue weighted by Gasteiger charge is 2.24. The lowest BCUT2D eigenvalue weighted by atomic mass is 9.96. The third-order valence-electron chi connectivity index (χ3n) is 4.98. The van der Waals surface area contributed by atoms with Gasteiger partial charge in [0.1, 0.15) is 6.04 Å². The van der Waals surface area contributed by atoms with Crippen molar-refractivity contribution in [3.63, 3.8) is 0 Å². The Bertz CT molecular complexity index is 1180. The van der Waals surface area contributed by atoms with Gasteiger partial charge in [-0.1, -0.05) is 66.7 Å². The summed E-state index contributed by atoms with van der Waals surface area (Å²) in [5.41, 5.74) is 1.40. The van der Waals surface area contributed by atoms with E-state index in [0.717, 1.165) is 30.7 Å². The fourth-order valence-electron chi connectivity index (χ4n) is 3.57. The maximum atomic E-state index is 13.3. The highest BCUT2D eigenvalue weighted by Crippen LogP contribution is 2.28. The molecule has 4 aromatic carbocycles. The van der Waals surface area contributed by atoms with Gasteiger partial charge in [0.25, 0.3) is 5.91 Å². The van der Waals surface area contributed by atoms with Crippen LogP contribution < -0.4 is 5.32 Å². The standard InChI is InChI=1S/C24H18INO3/c25-20-12-6-3-9-17(20)14-21(24(28)29)26-23(27)22-18-10-4-1-7-15(18)13-16-8-2-5-11-19(16)22/h1-13,21H,14H2,(H,26,27)(H,28,29)/t21-/m1/s1. The molecule has 0 aliphatic carbocycles. The second-order valence-corrected chi connectivity index (χ2v) is 8.02. The van der Waals surface area contributed by atoms with E-state index in [-0.39, 0.29) is 12.3 Å². The molecule has 4 nitrogen and oxygen atoms in total. The number of hydrogen-bond acceptors (Lipinski definition) is 2. The van der Waals surface area contributed by atoms with E-state index in [4.69, 9.17) is 0 Å². The summed E-state index contributed by atoms with van der Waals surface area (Å²) in [5, 5.41) is 16.0. The molecule has 0 fully saturated rings. The molecule has 0 bridgehead atoms. The predicted molar refractivity (Wildman–Crippen MR) is 123 cm³/mol. The molecular formula is C24H18INO3. The number of carbonyl (C=O) groups excluding carboxylic acids is 1. The largest absolute Gasteiger partial charge is 0.480 e. The number of benzene rings is 4. The van der Waals surface area contributed by atoms with E-state index in [0.29, 0.717) is 5.56 Å². The fraction of sp³-hybridized carbons (Fsp3) is 0.0833. The summed E-state index contributed by atoms with van der Waals surface area (Å²) >= 11 is 2.18. The quantitative estimate of drug-likeness (QED) is 0.302. The third kappa shape index (κ3) is 3.96. The number of carboxylic acid groups (broad SMARTS) is 1. The van der Waals surface area contributed by atoms with E-state index >= 15 is 0 Å². The van der Waals surface area contributed by atoms with Crippen LogP contribution >= 0.6 is 22.6 Å². The summed E-state index contributed by atoms with van der Waals surface area (Å²) in [6, 6.07) is 23.9. The van der Waals surface area contributed by atoms with Crippen molar-refractivity contribution in [3.8, 4) is 0 Å². The molecule has 5 heteroatoms. The average molecular weight is 495 g/mol. The van der Waals surface area contributed by atoms with Gasteiger partial charge in [0.2, 0.25) is 0 Å². The van der Waals surface area contributed by atoms with E-state index in [1.165, 1.54) is 0 Å². The third-order valence-corrected chi connectivity index (χ3v) is 6.04. The Kier molecular flexibility index (Phi) is 5.49. The van der Waals surface area contributed by atoms with Crippen LogP contribution in [0.15, 0.2) is 78.9 Å². The molecule has 0 aromatic heterocycles. The summed E-state index contributed by atoms with van der Waals surface area (Å²) in [4.78, 5) is 25.2. The maximum absolute atomic E-state index is 13.3. The molecule has 0 unspecified atom stereocenters. The van der Waals surface area contributed by atoms with Crippen molar-refractivity contribution in [2.45, 2.75) is 12.5 Å². The van der Waals surface area contributed by atoms with Crippen LogP contribution in [0.1, 0.15) is 15.9 Å². The van der Waals surface area contributed by atoms with Gasteiger partial charge < -0.3 is 10.4 Å². The van der Waals surface area contributed by atoms with Gasteiger partial charge in [0.05, 0.1) is 5.56 Å². The summed E-state index contributed by atoms with van der Waals surface area (Å²) < 4.78 is 0.973. The van der Waals surface area contributed by atoms with Crippen LogP contribution in [0.4, 0.5) is 0 Å². The molecule has 0 aliphatic rings. The zero-order valence-corrected chi connectivity index (χ0v) is 17.6. The van der Waals surface area contributed by atoms with Crippen molar-refractivity contribution in [2.75, 3.05) is 0 Å². The number of rotatable bonds is 5. The normalized spacial score (nSPS) is 12.0. The Morgan fingerprint density at radius 3 is 2.00 bits per heavy atom. The lowest BCUT2D eigenvalue weighted by Crippen LogP contribution is -2.42. The van der Waals surface area contributed by atoms with Crippen molar-refractivity contribution >= 4 is 56.0 Å². The number of halogens is 1. The number of fused-ring (bicyclic) bond motifs is 2. The molecule has 0 spiro atoms. The van der Waals surface area contributed by atoms with Crippen LogP contribution in [0.5, 0.6) is 0 Å². The van der Waals surface area contributed by atoms with E-state index < -0.39 is 12.0 Å². The molecule has 0 heterocycles. The van der Waals surface area contributed by atoms with E-state index in [1.54, 1.807) is 0 Å². The second-order valence-electron chi connectivity index (χ2n) is 6.85. The fourth-order valence-corrected chi connectivity index (χ4v) is 4.18. The highest BCUT2D eigenvalue weighted by molar-refractivity contribution is 14.1. The topological polar surface area (TPSA) is 66.4 Å². The Morgan fingerprint density at radius 1 is 0.862 bits per heavy atom. The Morgan fingerprint density at radius 2 is 1.41 bits per heavy atom. The van der Waals surface area contributed by atoms with Crippen molar-refractivity contribution in [1.29, 1.82) is 0 Å². The minimum atomic E-state index is -1.05. The lowest BCUT2D eigenvalue weighted by Gasteiger charge is -2.17. The number of carboxylic acids is 1. The van der Waals surface area contributed by atoms with Gasteiger partial charge in [-0.3, -0.25) is 4.79 Å². The van der Waals surface area contributed by atoms with Gasteiger partial charge in [-0.05, 0) is 61.8 Å². The first-order valence-electron chi connectivity index (χ1n) is 9.22. The van der Waals surface area contributed by atoms with Crippen LogP contribution in [0.25, 0.3) is 21.5 Å².